The zero-order valence-electron chi connectivity index (χ0n) is 18.5. The molecule has 10 heteroatoms. The third-order valence-electron chi connectivity index (χ3n) is 6.72. The van der Waals surface area contributed by atoms with Gasteiger partial charge in [0.25, 0.3) is 6.43 Å². The maximum absolute atomic E-state index is 14.1. The first-order chi connectivity index (χ1) is 16.3. The van der Waals surface area contributed by atoms with Crippen molar-refractivity contribution in [2.24, 2.45) is 0 Å². The van der Waals surface area contributed by atoms with E-state index in [0.29, 0.717) is 28.9 Å². The first-order valence-electron chi connectivity index (χ1n) is 11.1. The van der Waals surface area contributed by atoms with Crippen LogP contribution in [0.3, 0.4) is 0 Å². The number of aromatic nitrogens is 4. The quantitative estimate of drug-likeness (QED) is 0.482. The van der Waals surface area contributed by atoms with Crippen LogP contribution in [-0.2, 0) is 11.3 Å². The smallest absolute Gasteiger partial charge is 0.338 e. The van der Waals surface area contributed by atoms with Gasteiger partial charge in [0.05, 0.1) is 17.9 Å². The Bertz CT molecular complexity index is 1510. The lowest BCUT2D eigenvalue weighted by molar-refractivity contribution is -0.135. The standard InChI is InChI=1S/C24H21F2N5O3/c1-11-23(32)30(2)10-18-19(27-22(31(11)18)12-6-7-12)14-5-3-4-13-8-17(21-28-24(33)34-29-21)16(20(25)26)9-15(13)14/h3-5,8-9,11-12,20H,6-7,10H2,1-2H3,(H,28,29,33). The number of nitrogens with one attached hydrogen (secondary N) is 1. The molecule has 2 aliphatic rings. The number of nitrogens with zero attached hydrogens (tertiary/aromatic N) is 4. The SMILES string of the molecule is CC1C(=O)N(C)Cc2c(-c3cccc4cc(-c5noc(=O)[nH]5)c(C(F)F)cc34)nc(C3CC3)n21. The molecule has 1 fully saturated rings. The molecule has 0 saturated heterocycles. The fraction of sp³-hybridized carbons (Fsp3) is 0.333. The number of aromatic amines is 1. The summed E-state index contributed by atoms with van der Waals surface area (Å²) in [6.07, 6.45) is -0.747. The number of likely N-dealkylation sites (N-methyl/N-ethyl adjacent to an activating group) is 1. The van der Waals surface area contributed by atoms with E-state index in [1.165, 1.54) is 6.07 Å². The summed E-state index contributed by atoms with van der Waals surface area (Å²) in [4.78, 5) is 33.1. The van der Waals surface area contributed by atoms with E-state index in [0.717, 1.165) is 29.9 Å². The summed E-state index contributed by atoms with van der Waals surface area (Å²) in [5.41, 5.74) is 2.19. The number of imidazole rings is 1. The van der Waals surface area contributed by atoms with Gasteiger partial charge < -0.3 is 9.47 Å². The first-order valence-corrected chi connectivity index (χ1v) is 11.1. The minimum absolute atomic E-state index is 0.0301. The highest BCUT2D eigenvalue weighted by atomic mass is 19.3. The van der Waals surface area contributed by atoms with E-state index in [9.17, 15) is 18.4 Å². The highest BCUT2D eigenvalue weighted by molar-refractivity contribution is 5.99. The van der Waals surface area contributed by atoms with Gasteiger partial charge in [0, 0.05) is 29.7 Å². The van der Waals surface area contributed by atoms with Crippen molar-refractivity contribution in [1.29, 1.82) is 0 Å². The molecule has 174 valence electrons. The Hall–Kier alpha value is -3.82. The molecule has 4 aromatic rings. The Morgan fingerprint density at radius 3 is 2.65 bits per heavy atom. The van der Waals surface area contributed by atoms with Gasteiger partial charge in [0.2, 0.25) is 5.91 Å². The molecule has 1 atom stereocenters. The van der Waals surface area contributed by atoms with Crippen molar-refractivity contribution in [2.75, 3.05) is 7.05 Å². The summed E-state index contributed by atoms with van der Waals surface area (Å²) in [5, 5.41) is 4.91. The van der Waals surface area contributed by atoms with Gasteiger partial charge in [-0.15, -0.1) is 0 Å². The summed E-state index contributed by atoms with van der Waals surface area (Å²) >= 11 is 0. The molecule has 3 heterocycles. The fourth-order valence-electron chi connectivity index (χ4n) is 4.93. The molecule has 34 heavy (non-hydrogen) atoms. The molecule has 2 aromatic carbocycles. The molecule has 0 radical (unpaired) electrons. The van der Waals surface area contributed by atoms with E-state index >= 15 is 0 Å². The van der Waals surface area contributed by atoms with Crippen molar-refractivity contribution in [3.8, 4) is 22.6 Å². The molecule has 1 aliphatic carbocycles. The van der Waals surface area contributed by atoms with Crippen LogP contribution in [0.1, 0.15) is 55.2 Å². The highest BCUT2D eigenvalue weighted by Gasteiger charge is 2.38. The molecule has 0 spiro atoms. The van der Waals surface area contributed by atoms with Gasteiger partial charge in [-0.1, -0.05) is 23.4 Å². The van der Waals surface area contributed by atoms with Crippen LogP contribution in [0.15, 0.2) is 39.6 Å². The Morgan fingerprint density at radius 1 is 1.18 bits per heavy atom. The van der Waals surface area contributed by atoms with Gasteiger partial charge in [-0.2, -0.15) is 0 Å². The van der Waals surface area contributed by atoms with Crippen LogP contribution in [0.2, 0.25) is 0 Å². The topological polar surface area (TPSA) is 97.0 Å². The fourth-order valence-corrected chi connectivity index (χ4v) is 4.93. The minimum atomic E-state index is -2.80. The number of hydrogen-bond donors (Lipinski definition) is 1. The van der Waals surface area contributed by atoms with Crippen LogP contribution < -0.4 is 5.76 Å². The maximum atomic E-state index is 14.1. The van der Waals surface area contributed by atoms with Crippen LogP contribution in [0.25, 0.3) is 33.4 Å². The van der Waals surface area contributed by atoms with Crippen molar-refractivity contribution < 1.29 is 18.1 Å². The highest BCUT2D eigenvalue weighted by Crippen LogP contribution is 2.45. The number of benzene rings is 2. The van der Waals surface area contributed by atoms with E-state index < -0.39 is 12.2 Å². The van der Waals surface area contributed by atoms with E-state index in [-0.39, 0.29) is 28.9 Å². The zero-order chi connectivity index (χ0) is 23.7. The Morgan fingerprint density at radius 2 is 1.97 bits per heavy atom. The predicted octanol–water partition coefficient (Wildman–Crippen LogP) is 4.39. The average molecular weight is 465 g/mol. The summed E-state index contributed by atoms with van der Waals surface area (Å²) in [6, 6.07) is 8.18. The number of alkyl halides is 2. The average Bonchev–Trinajstić information content (AvgIpc) is 3.46. The number of fused-ring (bicyclic) bond motifs is 2. The summed E-state index contributed by atoms with van der Waals surface area (Å²) in [6.45, 7) is 2.27. The second kappa shape index (κ2) is 7.34. The normalized spacial score (nSPS) is 18.2. The molecule has 6 rings (SSSR count). The van der Waals surface area contributed by atoms with Gasteiger partial charge in [0.1, 0.15) is 11.9 Å². The van der Waals surface area contributed by atoms with Gasteiger partial charge in [-0.05, 0) is 42.7 Å². The lowest BCUT2D eigenvalue weighted by Gasteiger charge is -2.31. The monoisotopic (exact) mass is 465 g/mol. The summed E-state index contributed by atoms with van der Waals surface area (Å²) in [5.74, 6) is 0.378. The molecular weight excluding hydrogens is 444 g/mol. The van der Waals surface area contributed by atoms with Gasteiger partial charge in [-0.25, -0.2) is 18.6 Å². The summed E-state index contributed by atoms with van der Waals surface area (Å²) in [7, 11) is 1.76. The predicted molar refractivity (Wildman–Crippen MR) is 119 cm³/mol. The Balaban J connectivity index is 1.60. The lowest BCUT2D eigenvalue weighted by Crippen LogP contribution is -2.39. The molecule has 1 N–H and O–H groups in total. The number of amides is 1. The zero-order valence-corrected chi connectivity index (χ0v) is 18.5. The molecule has 1 saturated carbocycles. The number of hydrogen-bond acceptors (Lipinski definition) is 5. The molecule has 2 aromatic heterocycles. The van der Waals surface area contributed by atoms with Gasteiger partial charge in [-0.3, -0.25) is 14.3 Å². The molecule has 8 nitrogen and oxygen atoms in total. The van der Waals surface area contributed by atoms with E-state index in [1.807, 2.05) is 29.7 Å². The number of carbonyl (C=O) groups excluding carboxylic acids is 1. The van der Waals surface area contributed by atoms with E-state index in [1.54, 1.807) is 18.0 Å². The van der Waals surface area contributed by atoms with Crippen LogP contribution in [0, 0.1) is 0 Å². The van der Waals surface area contributed by atoms with E-state index in [2.05, 4.69) is 14.7 Å². The number of halogens is 2. The molecule has 1 aliphatic heterocycles. The third kappa shape index (κ3) is 3.08. The second-order valence-corrected chi connectivity index (χ2v) is 8.99. The molecular formula is C24H21F2N5O3. The van der Waals surface area contributed by atoms with E-state index in [4.69, 9.17) is 4.98 Å². The number of rotatable bonds is 4. The largest absolute Gasteiger partial charge is 0.439 e. The Kier molecular flexibility index (Phi) is 4.48. The summed E-state index contributed by atoms with van der Waals surface area (Å²) < 4.78 is 34.8. The van der Waals surface area contributed by atoms with Crippen molar-refractivity contribution in [3.63, 3.8) is 0 Å². The van der Waals surface area contributed by atoms with Crippen molar-refractivity contribution >= 4 is 16.7 Å². The van der Waals surface area contributed by atoms with Crippen molar-refractivity contribution in [3.05, 3.63) is 58.0 Å². The second-order valence-electron chi connectivity index (χ2n) is 8.99. The molecule has 1 unspecified atom stereocenters. The lowest BCUT2D eigenvalue weighted by atomic mass is 9.95. The van der Waals surface area contributed by atoms with Crippen LogP contribution in [0.5, 0.6) is 0 Å². The maximum Gasteiger partial charge on any atom is 0.439 e. The molecule has 1 amide bonds. The number of carbonyl (C=O) groups is 1. The molecule has 0 bridgehead atoms. The first kappa shape index (κ1) is 20.8. The third-order valence-corrected chi connectivity index (χ3v) is 6.72. The van der Waals surface area contributed by atoms with Crippen molar-refractivity contribution in [2.45, 2.75) is 44.7 Å². The van der Waals surface area contributed by atoms with Crippen molar-refractivity contribution in [1.82, 2.24) is 24.6 Å². The van der Waals surface area contributed by atoms with Gasteiger partial charge >= 0.3 is 5.76 Å². The van der Waals surface area contributed by atoms with Crippen LogP contribution in [0.4, 0.5) is 8.78 Å². The van der Waals surface area contributed by atoms with Crippen LogP contribution >= 0.6 is 0 Å². The van der Waals surface area contributed by atoms with Crippen LogP contribution in [-0.4, -0.2) is 37.5 Å². The van der Waals surface area contributed by atoms with Gasteiger partial charge in [0.15, 0.2) is 5.82 Å². The Labute approximate surface area is 192 Å². The minimum Gasteiger partial charge on any atom is -0.338 e. The number of H-pyrrole nitrogens is 1.